The van der Waals surface area contributed by atoms with Crippen molar-refractivity contribution in [1.82, 2.24) is 4.98 Å². The van der Waals surface area contributed by atoms with Gasteiger partial charge >= 0.3 is 0 Å². The summed E-state index contributed by atoms with van der Waals surface area (Å²) in [4.78, 5) is 16.1. The van der Waals surface area contributed by atoms with E-state index in [0.717, 1.165) is 0 Å². The molecule has 0 aliphatic carbocycles. The zero-order valence-corrected chi connectivity index (χ0v) is 11.7. The number of hydrogen-bond donors (Lipinski definition) is 2. The van der Waals surface area contributed by atoms with Crippen LogP contribution in [-0.2, 0) is 0 Å². The number of hydrogen-bond acceptors (Lipinski definition) is 5. The largest absolute Gasteiger partial charge is 0.411 e. The zero-order valence-electron chi connectivity index (χ0n) is 10.8. The number of carbonyl (C=O) groups excluding carboxylic acids is 1. The molecular formula is C13H12FN3O2S. The molecule has 0 fully saturated rings. The Kier molecular flexibility index (Phi) is 4.09. The van der Waals surface area contributed by atoms with Crippen molar-refractivity contribution in [3.63, 3.8) is 0 Å². The van der Waals surface area contributed by atoms with Gasteiger partial charge in [0.25, 0.3) is 5.91 Å². The summed E-state index contributed by atoms with van der Waals surface area (Å²) in [5.41, 5.74) is 1.76. The van der Waals surface area contributed by atoms with E-state index in [2.05, 4.69) is 15.5 Å². The van der Waals surface area contributed by atoms with Crippen molar-refractivity contribution in [1.29, 1.82) is 0 Å². The highest BCUT2D eigenvalue weighted by Gasteiger charge is 2.13. The SMILES string of the molecule is CC(=NO)c1csc(NC(=O)c2cc(F)ccc2C)n1. The lowest BCUT2D eigenvalue weighted by Crippen LogP contribution is -2.13. The van der Waals surface area contributed by atoms with Gasteiger partial charge in [-0.1, -0.05) is 11.2 Å². The Morgan fingerprint density at radius 3 is 2.95 bits per heavy atom. The smallest absolute Gasteiger partial charge is 0.257 e. The average Bonchev–Trinajstić information content (AvgIpc) is 2.89. The van der Waals surface area contributed by atoms with Crippen LogP contribution < -0.4 is 5.32 Å². The number of carbonyl (C=O) groups is 1. The van der Waals surface area contributed by atoms with E-state index in [9.17, 15) is 9.18 Å². The van der Waals surface area contributed by atoms with E-state index in [1.54, 1.807) is 25.3 Å². The monoisotopic (exact) mass is 293 g/mol. The van der Waals surface area contributed by atoms with E-state index in [-0.39, 0.29) is 5.56 Å². The van der Waals surface area contributed by atoms with Crippen LogP contribution in [0.2, 0.25) is 0 Å². The maximum atomic E-state index is 13.2. The first-order valence-electron chi connectivity index (χ1n) is 5.73. The van der Waals surface area contributed by atoms with Gasteiger partial charge in [-0.25, -0.2) is 9.37 Å². The third-order valence-corrected chi connectivity index (χ3v) is 3.45. The Bertz CT molecular complexity index is 682. The Morgan fingerprint density at radius 1 is 1.50 bits per heavy atom. The quantitative estimate of drug-likeness (QED) is 0.519. The Balaban J connectivity index is 2.19. The number of rotatable bonds is 3. The summed E-state index contributed by atoms with van der Waals surface area (Å²) in [7, 11) is 0. The van der Waals surface area contributed by atoms with Crippen molar-refractivity contribution < 1.29 is 14.4 Å². The summed E-state index contributed by atoms with van der Waals surface area (Å²) in [6.45, 7) is 3.32. The Morgan fingerprint density at radius 2 is 2.25 bits per heavy atom. The normalized spacial score (nSPS) is 11.4. The molecule has 2 N–H and O–H groups in total. The first-order chi connectivity index (χ1) is 9.51. The molecule has 20 heavy (non-hydrogen) atoms. The topological polar surface area (TPSA) is 74.6 Å². The molecule has 0 aliphatic rings. The number of aryl methyl sites for hydroxylation is 1. The van der Waals surface area contributed by atoms with Crippen molar-refractivity contribution in [3.05, 3.63) is 46.2 Å². The molecule has 0 saturated carbocycles. The van der Waals surface area contributed by atoms with Gasteiger partial charge in [0, 0.05) is 10.9 Å². The summed E-state index contributed by atoms with van der Waals surface area (Å²) < 4.78 is 13.2. The van der Waals surface area contributed by atoms with Gasteiger partial charge in [-0.15, -0.1) is 11.3 Å². The van der Waals surface area contributed by atoms with E-state index < -0.39 is 11.7 Å². The number of anilines is 1. The van der Waals surface area contributed by atoms with Gasteiger partial charge in [-0.05, 0) is 31.5 Å². The molecule has 2 aromatic rings. The van der Waals surface area contributed by atoms with Gasteiger partial charge in [0.2, 0.25) is 0 Å². The molecule has 0 atom stereocenters. The Labute approximate surface area is 118 Å². The molecular weight excluding hydrogens is 281 g/mol. The molecule has 0 saturated heterocycles. The van der Waals surface area contributed by atoms with Crippen LogP contribution in [0.1, 0.15) is 28.5 Å². The molecule has 1 amide bonds. The fourth-order valence-electron chi connectivity index (χ4n) is 1.55. The summed E-state index contributed by atoms with van der Waals surface area (Å²) in [6, 6.07) is 4.02. The maximum Gasteiger partial charge on any atom is 0.257 e. The minimum atomic E-state index is -0.469. The molecule has 2 rings (SSSR count). The molecule has 5 nitrogen and oxygen atoms in total. The lowest BCUT2D eigenvalue weighted by atomic mass is 10.1. The second-order valence-electron chi connectivity index (χ2n) is 4.14. The molecule has 0 aliphatic heterocycles. The molecule has 7 heteroatoms. The van der Waals surface area contributed by atoms with Crippen LogP contribution in [0.5, 0.6) is 0 Å². The predicted molar refractivity (Wildman–Crippen MR) is 75.2 cm³/mol. The summed E-state index contributed by atoms with van der Waals surface area (Å²) in [5, 5.41) is 16.3. The van der Waals surface area contributed by atoms with Crippen LogP contribution in [0.15, 0.2) is 28.7 Å². The Hall–Kier alpha value is -2.28. The molecule has 0 unspecified atom stereocenters. The molecule has 1 heterocycles. The average molecular weight is 293 g/mol. The van der Waals surface area contributed by atoms with E-state index in [1.165, 1.54) is 23.5 Å². The first kappa shape index (κ1) is 14.1. The summed E-state index contributed by atoms with van der Waals surface area (Å²) in [5.74, 6) is -0.898. The third kappa shape index (κ3) is 3.00. The summed E-state index contributed by atoms with van der Waals surface area (Å²) in [6.07, 6.45) is 0. The highest BCUT2D eigenvalue weighted by molar-refractivity contribution is 7.14. The number of benzene rings is 1. The molecule has 0 spiro atoms. The van der Waals surface area contributed by atoms with Crippen LogP contribution in [0.4, 0.5) is 9.52 Å². The number of halogens is 1. The van der Waals surface area contributed by atoms with Crippen LogP contribution in [-0.4, -0.2) is 21.8 Å². The maximum absolute atomic E-state index is 13.2. The van der Waals surface area contributed by atoms with Crippen molar-refractivity contribution in [2.24, 2.45) is 5.16 Å². The molecule has 104 valence electrons. The van der Waals surface area contributed by atoms with Gasteiger partial charge in [-0.3, -0.25) is 10.1 Å². The number of oxime groups is 1. The van der Waals surface area contributed by atoms with Crippen molar-refractivity contribution >= 4 is 28.1 Å². The van der Waals surface area contributed by atoms with Gasteiger partial charge < -0.3 is 5.21 Å². The van der Waals surface area contributed by atoms with Crippen LogP contribution >= 0.6 is 11.3 Å². The highest BCUT2D eigenvalue weighted by Crippen LogP contribution is 2.18. The number of nitrogens with one attached hydrogen (secondary N) is 1. The van der Waals surface area contributed by atoms with E-state index in [0.29, 0.717) is 22.1 Å². The number of thiazole rings is 1. The van der Waals surface area contributed by atoms with Crippen molar-refractivity contribution in [2.45, 2.75) is 13.8 Å². The minimum Gasteiger partial charge on any atom is -0.411 e. The van der Waals surface area contributed by atoms with Crippen LogP contribution in [0.3, 0.4) is 0 Å². The third-order valence-electron chi connectivity index (χ3n) is 2.69. The first-order valence-corrected chi connectivity index (χ1v) is 6.61. The fourth-order valence-corrected chi connectivity index (χ4v) is 2.30. The van der Waals surface area contributed by atoms with Gasteiger partial charge in [0.1, 0.15) is 17.2 Å². The van der Waals surface area contributed by atoms with Gasteiger partial charge in [0.15, 0.2) is 5.13 Å². The predicted octanol–water partition coefficient (Wildman–Crippen LogP) is 3.04. The van der Waals surface area contributed by atoms with Gasteiger partial charge in [-0.2, -0.15) is 0 Å². The van der Waals surface area contributed by atoms with Crippen molar-refractivity contribution in [3.8, 4) is 0 Å². The van der Waals surface area contributed by atoms with Crippen molar-refractivity contribution in [2.75, 3.05) is 5.32 Å². The molecule has 1 aromatic heterocycles. The number of amides is 1. The highest BCUT2D eigenvalue weighted by atomic mass is 32.1. The lowest BCUT2D eigenvalue weighted by molar-refractivity contribution is 0.102. The molecule has 1 aromatic carbocycles. The van der Waals surface area contributed by atoms with Crippen LogP contribution in [0.25, 0.3) is 0 Å². The number of aromatic nitrogens is 1. The molecule has 0 radical (unpaired) electrons. The van der Waals surface area contributed by atoms with E-state index in [1.807, 2.05) is 0 Å². The second kappa shape index (κ2) is 5.79. The minimum absolute atomic E-state index is 0.259. The zero-order chi connectivity index (χ0) is 14.7. The standard InChI is InChI=1S/C13H12FN3O2S/c1-7-3-4-9(14)5-10(7)12(18)16-13-15-11(6-20-13)8(2)17-19/h3-6,19H,1-2H3,(H,15,16,18). The number of nitrogens with zero attached hydrogens (tertiary/aromatic N) is 2. The van der Waals surface area contributed by atoms with E-state index in [4.69, 9.17) is 5.21 Å². The lowest BCUT2D eigenvalue weighted by Gasteiger charge is -2.05. The van der Waals surface area contributed by atoms with Gasteiger partial charge in [0.05, 0.1) is 0 Å². The van der Waals surface area contributed by atoms with Crippen LogP contribution in [0, 0.1) is 12.7 Å². The van der Waals surface area contributed by atoms with E-state index >= 15 is 0 Å². The summed E-state index contributed by atoms with van der Waals surface area (Å²) >= 11 is 1.20. The second-order valence-corrected chi connectivity index (χ2v) is 4.99. The fraction of sp³-hybridized carbons (Fsp3) is 0.154. The molecule has 0 bridgehead atoms.